The van der Waals surface area contributed by atoms with Crippen LogP contribution < -0.4 is 5.32 Å². The highest BCUT2D eigenvalue weighted by Crippen LogP contribution is 2.53. The number of aliphatic hydroxyl groups is 1. The molecule has 3 saturated heterocycles. The number of benzene rings is 1. The van der Waals surface area contributed by atoms with Crippen molar-refractivity contribution in [1.29, 1.82) is 0 Å². The van der Waals surface area contributed by atoms with Crippen molar-refractivity contribution in [3.05, 3.63) is 41.6 Å². The number of aromatic nitrogens is 1. The lowest BCUT2D eigenvalue weighted by molar-refractivity contribution is -0.290. The largest absolute Gasteiger partial charge is 0.363 e. The van der Waals surface area contributed by atoms with Crippen LogP contribution in [0.25, 0.3) is 16.5 Å². The number of H-pyrrole nitrogens is 1. The van der Waals surface area contributed by atoms with Crippen LogP contribution in [0.5, 0.6) is 0 Å². The predicted octanol–water partition coefficient (Wildman–Crippen LogP) is 3.08. The molecule has 2 amide bonds. The first-order valence-corrected chi connectivity index (χ1v) is 15.6. The average molecular weight is 575 g/mol. The molecule has 0 bridgehead atoms. The molecule has 9 nitrogen and oxygen atoms in total. The van der Waals surface area contributed by atoms with Crippen molar-refractivity contribution in [1.82, 2.24) is 20.1 Å². The van der Waals surface area contributed by atoms with Gasteiger partial charge in [-0.05, 0) is 61.4 Å². The molecule has 4 aliphatic heterocycles. The molecule has 7 atom stereocenters. The Kier molecular flexibility index (Phi) is 6.28. The van der Waals surface area contributed by atoms with E-state index in [9.17, 15) is 19.5 Å². The minimum absolute atomic E-state index is 0.0796. The molecule has 1 aromatic carbocycles. The smallest absolute Gasteiger partial charge is 0.230 e. The van der Waals surface area contributed by atoms with E-state index in [2.05, 4.69) is 39.6 Å². The van der Waals surface area contributed by atoms with E-state index in [-0.39, 0.29) is 29.6 Å². The molecular formula is C33H42N4O5. The van der Waals surface area contributed by atoms with Gasteiger partial charge in [-0.3, -0.25) is 19.3 Å². The fraction of sp³-hybridized carbons (Fsp3) is 0.606. The molecule has 1 aromatic heterocycles. The third-order valence-corrected chi connectivity index (χ3v) is 10.6. The van der Waals surface area contributed by atoms with Crippen LogP contribution in [-0.2, 0) is 25.5 Å². The average Bonchev–Trinajstić information content (AvgIpc) is 3.65. The van der Waals surface area contributed by atoms with Crippen LogP contribution in [0.15, 0.2) is 30.5 Å². The Balaban J connectivity index is 1.24. The van der Waals surface area contributed by atoms with Gasteiger partial charge in [-0.25, -0.2) is 0 Å². The Hall–Kier alpha value is -3.01. The van der Waals surface area contributed by atoms with Gasteiger partial charge in [0.1, 0.15) is 0 Å². The van der Waals surface area contributed by atoms with Crippen molar-refractivity contribution in [3.63, 3.8) is 0 Å². The molecule has 42 heavy (non-hydrogen) atoms. The molecule has 7 rings (SSSR count). The van der Waals surface area contributed by atoms with Crippen LogP contribution in [0.1, 0.15) is 58.1 Å². The molecule has 0 radical (unpaired) electrons. The van der Waals surface area contributed by atoms with Gasteiger partial charge in [-0.1, -0.05) is 45.9 Å². The summed E-state index contributed by atoms with van der Waals surface area (Å²) in [5, 5.41) is 16.4. The van der Waals surface area contributed by atoms with E-state index in [1.165, 1.54) is 10.9 Å². The van der Waals surface area contributed by atoms with Gasteiger partial charge in [-0.2, -0.15) is 0 Å². The van der Waals surface area contributed by atoms with E-state index in [4.69, 9.17) is 4.74 Å². The lowest BCUT2D eigenvalue weighted by Gasteiger charge is -2.47. The number of rotatable bonds is 5. The van der Waals surface area contributed by atoms with Crippen LogP contribution in [-0.4, -0.2) is 81.2 Å². The number of piperidine rings is 1. The van der Waals surface area contributed by atoms with Gasteiger partial charge in [0.25, 0.3) is 0 Å². The number of ether oxygens (including phenoxy) is 1. The molecule has 2 aromatic rings. The number of carbonyl (C=O) groups is 3. The molecule has 5 heterocycles. The lowest BCUT2D eigenvalue weighted by atomic mass is 9.70. The monoisotopic (exact) mass is 574 g/mol. The topological polar surface area (TPSA) is 115 Å². The molecule has 224 valence electrons. The van der Waals surface area contributed by atoms with Crippen molar-refractivity contribution in [3.8, 4) is 0 Å². The van der Waals surface area contributed by atoms with Crippen LogP contribution >= 0.6 is 0 Å². The number of aromatic amines is 1. The van der Waals surface area contributed by atoms with Gasteiger partial charge >= 0.3 is 0 Å². The summed E-state index contributed by atoms with van der Waals surface area (Å²) in [6.45, 7) is 8.75. The molecule has 0 spiro atoms. The highest BCUT2D eigenvalue weighted by Gasteiger charge is 2.73. The van der Waals surface area contributed by atoms with Crippen molar-refractivity contribution < 1.29 is 24.2 Å². The quantitative estimate of drug-likeness (QED) is 0.506. The second kappa shape index (κ2) is 9.49. The van der Waals surface area contributed by atoms with E-state index in [1.807, 2.05) is 40.8 Å². The maximum Gasteiger partial charge on any atom is 0.230 e. The number of amides is 2. The molecular weight excluding hydrogens is 532 g/mol. The van der Waals surface area contributed by atoms with Crippen LogP contribution in [0.3, 0.4) is 0 Å². The van der Waals surface area contributed by atoms with Crippen molar-refractivity contribution in [2.24, 2.45) is 29.6 Å². The fourth-order valence-corrected chi connectivity index (χ4v) is 8.62. The van der Waals surface area contributed by atoms with Crippen molar-refractivity contribution in [2.45, 2.75) is 77.0 Å². The number of hydrogen-bond donors (Lipinski definition) is 3. The molecule has 1 unspecified atom stereocenters. The van der Waals surface area contributed by atoms with Crippen molar-refractivity contribution >= 4 is 34.1 Å². The lowest BCUT2D eigenvalue weighted by Crippen LogP contribution is -2.64. The first-order chi connectivity index (χ1) is 20.0. The number of Topliss-reactive ketones (excluding diaryl/α,β-unsaturated/α-hetero) is 1. The van der Waals surface area contributed by atoms with Crippen LogP contribution in [0, 0.1) is 29.6 Å². The van der Waals surface area contributed by atoms with Crippen LogP contribution in [0.2, 0.25) is 0 Å². The van der Waals surface area contributed by atoms with Gasteiger partial charge in [0.15, 0.2) is 11.6 Å². The zero-order valence-corrected chi connectivity index (χ0v) is 25.1. The minimum Gasteiger partial charge on any atom is -0.363 e. The summed E-state index contributed by atoms with van der Waals surface area (Å²) in [5.74, 6) is -5.13. The first kappa shape index (κ1) is 27.8. The highest BCUT2D eigenvalue weighted by atomic mass is 16.7. The van der Waals surface area contributed by atoms with Crippen molar-refractivity contribution in [2.75, 3.05) is 20.1 Å². The molecule has 9 heteroatoms. The summed E-state index contributed by atoms with van der Waals surface area (Å²) in [7, 11) is 2.04. The summed E-state index contributed by atoms with van der Waals surface area (Å²) in [5.41, 5.74) is 2.90. The number of likely N-dealkylation sites (N-methyl/N-ethyl adjacent to an activating group) is 1. The second-order valence-corrected chi connectivity index (χ2v) is 13.9. The zero-order valence-electron chi connectivity index (χ0n) is 25.1. The van der Waals surface area contributed by atoms with Gasteiger partial charge in [0.2, 0.25) is 17.5 Å². The molecule has 3 N–H and O–H groups in total. The summed E-state index contributed by atoms with van der Waals surface area (Å²) < 4.78 is 6.51. The summed E-state index contributed by atoms with van der Waals surface area (Å²) in [6, 6.07) is 5.79. The Labute approximate surface area is 246 Å². The zero-order chi connectivity index (χ0) is 29.7. The van der Waals surface area contributed by atoms with E-state index in [1.54, 1.807) is 4.90 Å². The number of nitrogens with one attached hydrogen (secondary N) is 2. The fourth-order valence-electron chi connectivity index (χ4n) is 8.62. The standard InChI is InChI=1S/C33H42N4O5/c1-17(2)12-23-28-29(38)32(18(3)4,42-33(28,41)26-10-7-11-37(26)31(23)40)35-30(39)20-13-22-21-8-6-9-24-27(21)19(15-34-24)14-25(22)36(5)16-20/h6,8-9,13,15,17-18,20,23,25-26,28,34,41H,7,10-12,14,16H2,1-5H3,(H,35,39)/t20-,23-,25-,26+,28?,32-,33+/m1/s1. The van der Waals surface area contributed by atoms with E-state index < -0.39 is 41.2 Å². The van der Waals surface area contributed by atoms with E-state index >= 15 is 0 Å². The minimum atomic E-state index is -1.84. The number of fused-ring (bicyclic) bond motifs is 5. The second-order valence-electron chi connectivity index (χ2n) is 13.9. The Morgan fingerprint density at radius 3 is 2.76 bits per heavy atom. The van der Waals surface area contributed by atoms with Gasteiger partial charge in [-0.15, -0.1) is 0 Å². The SMILES string of the molecule is CC(C)C[C@H]1C(=O)N2CCC[C@H]2[C@]2(O)O[C@](NC(=O)[C@@H]3C=C4c5cccc6[nH]cc(c56)C[C@H]4N(C)C3)(C(C)C)C(=O)C12. The first-order valence-electron chi connectivity index (χ1n) is 15.6. The van der Waals surface area contributed by atoms with Crippen LogP contribution in [0.4, 0.5) is 0 Å². The predicted molar refractivity (Wildman–Crippen MR) is 158 cm³/mol. The van der Waals surface area contributed by atoms with Gasteiger partial charge in [0, 0.05) is 42.1 Å². The Morgan fingerprint density at radius 1 is 1.24 bits per heavy atom. The normalized spacial score (nSPS) is 36.0. The van der Waals surface area contributed by atoms with Gasteiger partial charge in [0.05, 0.1) is 23.8 Å². The molecule has 0 saturated carbocycles. The molecule has 1 aliphatic carbocycles. The highest BCUT2D eigenvalue weighted by molar-refractivity contribution is 6.02. The Morgan fingerprint density at radius 2 is 2.02 bits per heavy atom. The third-order valence-electron chi connectivity index (χ3n) is 10.6. The number of nitrogens with zero attached hydrogens (tertiary/aromatic N) is 2. The van der Waals surface area contributed by atoms with Gasteiger partial charge < -0.3 is 25.0 Å². The van der Waals surface area contributed by atoms with E-state index in [0.29, 0.717) is 25.9 Å². The summed E-state index contributed by atoms with van der Waals surface area (Å²) in [4.78, 5) is 49.6. The Bertz CT molecular complexity index is 1510. The van der Waals surface area contributed by atoms with E-state index in [0.717, 1.165) is 29.5 Å². The third kappa shape index (κ3) is 3.75. The number of carbonyl (C=O) groups excluding carboxylic acids is 3. The summed E-state index contributed by atoms with van der Waals surface area (Å²) in [6.07, 6.45) is 6.79. The number of hydrogen-bond acceptors (Lipinski definition) is 6. The number of ketones is 1. The summed E-state index contributed by atoms with van der Waals surface area (Å²) >= 11 is 0. The molecule has 3 fully saturated rings. The maximum atomic E-state index is 14.5. The molecule has 5 aliphatic rings. The maximum absolute atomic E-state index is 14.5.